The highest BCUT2D eigenvalue weighted by Gasteiger charge is 2.35. The molecule has 0 saturated carbocycles. The van der Waals surface area contributed by atoms with Crippen LogP contribution in [-0.4, -0.2) is 36.9 Å². The molecular formula is C21H20IN7O3. The molecule has 0 fully saturated rings. The van der Waals surface area contributed by atoms with E-state index in [4.69, 9.17) is 4.99 Å². The third-order valence-electron chi connectivity index (χ3n) is 4.83. The summed E-state index contributed by atoms with van der Waals surface area (Å²) in [4.78, 5) is 32.5. The quantitative estimate of drug-likeness (QED) is 0.158. The second-order valence-corrected chi connectivity index (χ2v) is 8.84. The Bertz CT molecular complexity index is 1190. The van der Waals surface area contributed by atoms with Crippen molar-refractivity contribution in [1.29, 1.82) is 0 Å². The standard InChI is InChI=1S/C21H20IN7O3/c1-12(2)10-16-17-18(26-25-16)19(22)28(27-21(30)13-6-8-23-9-7-13)20(24-17)14-4-3-5-15(11-14)29(31)32/h3-9,11-12,19H,10H2,1-2H3,(H,25,26)(H,27,30). The van der Waals surface area contributed by atoms with Gasteiger partial charge in [-0.3, -0.25) is 30.4 Å². The van der Waals surface area contributed by atoms with Gasteiger partial charge in [-0.05, 0) is 47.1 Å². The first kappa shape index (κ1) is 21.9. The first-order valence-electron chi connectivity index (χ1n) is 9.90. The van der Waals surface area contributed by atoms with Gasteiger partial charge in [-0.1, -0.05) is 26.0 Å². The van der Waals surface area contributed by atoms with Crippen LogP contribution in [0.15, 0.2) is 53.8 Å². The Kier molecular flexibility index (Phi) is 6.17. The van der Waals surface area contributed by atoms with E-state index in [9.17, 15) is 14.9 Å². The minimum Gasteiger partial charge on any atom is -0.280 e. The van der Waals surface area contributed by atoms with Crippen LogP contribution in [0.5, 0.6) is 0 Å². The zero-order valence-electron chi connectivity index (χ0n) is 17.3. The number of halogens is 1. The summed E-state index contributed by atoms with van der Waals surface area (Å²) in [5, 5.41) is 20.4. The minimum atomic E-state index is -0.457. The molecule has 3 heterocycles. The summed E-state index contributed by atoms with van der Waals surface area (Å²) >= 11 is 2.18. The molecule has 0 aliphatic carbocycles. The number of nitro groups is 1. The third-order valence-corrected chi connectivity index (χ3v) is 5.98. The van der Waals surface area contributed by atoms with Gasteiger partial charge in [0, 0.05) is 35.7 Å². The van der Waals surface area contributed by atoms with Crippen LogP contribution in [0.1, 0.15) is 45.2 Å². The number of hydrogen-bond donors (Lipinski definition) is 2. The van der Waals surface area contributed by atoms with Crippen LogP contribution in [0.25, 0.3) is 0 Å². The molecule has 2 aromatic heterocycles. The highest BCUT2D eigenvalue weighted by atomic mass is 127. The number of hydrogen-bond acceptors (Lipinski definition) is 7. The Labute approximate surface area is 197 Å². The molecule has 3 aromatic rings. The molecule has 0 saturated heterocycles. The van der Waals surface area contributed by atoms with Gasteiger partial charge in [0.15, 0.2) is 5.84 Å². The number of rotatable bonds is 6. The monoisotopic (exact) mass is 545 g/mol. The number of hydrazine groups is 1. The number of nitro benzene ring substituents is 1. The summed E-state index contributed by atoms with van der Waals surface area (Å²) in [7, 11) is 0. The Balaban J connectivity index is 1.80. The van der Waals surface area contributed by atoms with Crippen LogP contribution in [0.2, 0.25) is 0 Å². The lowest BCUT2D eigenvalue weighted by Gasteiger charge is -2.33. The number of aromatic amines is 1. The van der Waals surface area contributed by atoms with Crippen LogP contribution >= 0.6 is 22.6 Å². The number of nitrogens with zero attached hydrogens (tertiary/aromatic N) is 5. The Morgan fingerprint density at radius 1 is 1.31 bits per heavy atom. The fourth-order valence-electron chi connectivity index (χ4n) is 3.37. The Morgan fingerprint density at radius 3 is 2.75 bits per heavy atom. The highest BCUT2D eigenvalue weighted by Crippen LogP contribution is 2.40. The number of carbonyl (C=O) groups is 1. The molecule has 0 bridgehead atoms. The average molecular weight is 545 g/mol. The van der Waals surface area contributed by atoms with Crippen molar-refractivity contribution in [3.05, 3.63) is 81.4 Å². The van der Waals surface area contributed by atoms with Crippen LogP contribution in [0, 0.1) is 16.0 Å². The number of aliphatic imine (C=N–C) groups is 1. The van der Waals surface area contributed by atoms with Crippen molar-refractivity contribution in [1.82, 2.24) is 25.6 Å². The number of alkyl halides is 1. The van der Waals surface area contributed by atoms with Gasteiger partial charge in [-0.15, -0.1) is 0 Å². The Hall–Kier alpha value is -3.35. The van der Waals surface area contributed by atoms with E-state index in [1.807, 2.05) is 0 Å². The van der Waals surface area contributed by atoms with Crippen molar-refractivity contribution in [3.63, 3.8) is 0 Å². The molecule has 164 valence electrons. The molecule has 1 atom stereocenters. The van der Waals surface area contributed by atoms with E-state index in [0.717, 1.165) is 12.1 Å². The lowest BCUT2D eigenvalue weighted by Crippen LogP contribution is -2.48. The molecular weight excluding hydrogens is 525 g/mol. The number of amidine groups is 1. The normalized spacial score (nSPS) is 15.3. The SMILES string of the molecule is CC(C)Cc1[nH]nc2c1N=C(c1cccc([N+](=O)[O-])c1)N(NC(=O)c1ccncc1)C2I. The van der Waals surface area contributed by atoms with Crippen molar-refractivity contribution in [2.45, 2.75) is 24.3 Å². The van der Waals surface area contributed by atoms with E-state index in [0.29, 0.717) is 34.3 Å². The number of non-ortho nitro benzene ring substituents is 1. The number of fused-ring (bicyclic) bond motifs is 1. The molecule has 0 spiro atoms. The molecule has 1 aliphatic heterocycles. The van der Waals surface area contributed by atoms with Gasteiger partial charge in [0.1, 0.15) is 15.4 Å². The average Bonchev–Trinajstić information content (AvgIpc) is 3.18. The number of pyridine rings is 1. The van der Waals surface area contributed by atoms with E-state index in [2.05, 4.69) is 57.0 Å². The summed E-state index contributed by atoms with van der Waals surface area (Å²) in [6.45, 7) is 4.20. The maximum Gasteiger partial charge on any atom is 0.270 e. The lowest BCUT2D eigenvalue weighted by molar-refractivity contribution is -0.384. The van der Waals surface area contributed by atoms with Gasteiger partial charge in [-0.2, -0.15) is 5.10 Å². The van der Waals surface area contributed by atoms with Crippen LogP contribution in [0.3, 0.4) is 0 Å². The molecule has 0 radical (unpaired) electrons. The smallest absolute Gasteiger partial charge is 0.270 e. The van der Waals surface area contributed by atoms with Crippen molar-refractivity contribution in [2.24, 2.45) is 10.9 Å². The predicted molar refractivity (Wildman–Crippen MR) is 127 cm³/mol. The fourth-order valence-corrected chi connectivity index (χ4v) is 4.21. The molecule has 2 N–H and O–H groups in total. The van der Waals surface area contributed by atoms with Crippen LogP contribution in [-0.2, 0) is 6.42 Å². The van der Waals surface area contributed by atoms with Crippen molar-refractivity contribution < 1.29 is 9.72 Å². The lowest BCUT2D eigenvalue weighted by atomic mass is 10.1. The van der Waals surface area contributed by atoms with Crippen LogP contribution in [0.4, 0.5) is 11.4 Å². The molecule has 1 aliphatic rings. The van der Waals surface area contributed by atoms with Gasteiger partial charge < -0.3 is 0 Å². The molecule has 32 heavy (non-hydrogen) atoms. The first-order chi connectivity index (χ1) is 15.3. The topological polar surface area (TPSA) is 129 Å². The maximum absolute atomic E-state index is 12.9. The first-order valence-corrected chi connectivity index (χ1v) is 11.1. The molecule has 4 rings (SSSR count). The molecule has 1 unspecified atom stereocenters. The summed E-state index contributed by atoms with van der Waals surface area (Å²) in [6, 6.07) is 9.40. The summed E-state index contributed by atoms with van der Waals surface area (Å²) < 4.78 is -0.391. The zero-order valence-corrected chi connectivity index (χ0v) is 19.5. The van der Waals surface area contributed by atoms with E-state index in [1.54, 1.807) is 29.3 Å². The number of carbonyl (C=O) groups excluding carboxylic acids is 1. The van der Waals surface area contributed by atoms with Crippen LogP contribution < -0.4 is 5.43 Å². The number of aromatic nitrogens is 3. The number of H-pyrrole nitrogens is 1. The maximum atomic E-state index is 12.9. The van der Waals surface area contributed by atoms with Gasteiger partial charge in [0.05, 0.1) is 10.6 Å². The van der Waals surface area contributed by atoms with Crippen molar-refractivity contribution >= 4 is 45.7 Å². The second-order valence-electron chi connectivity index (χ2n) is 7.66. The predicted octanol–water partition coefficient (Wildman–Crippen LogP) is 4.08. The van der Waals surface area contributed by atoms with Gasteiger partial charge in [0.2, 0.25) is 0 Å². The second kappa shape index (κ2) is 9.02. The van der Waals surface area contributed by atoms with Gasteiger partial charge in [-0.25, -0.2) is 10.0 Å². The third kappa shape index (κ3) is 4.33. The summed E-state index contributed by atoms with van der Waals surface area (Å²) in [6.07, 6.45) is 3.82. The van der Waals surface area contributed by atoms with Gasteiger partial charge in [0.25, 0.3) is 11.6 Å². The number of amides is 1. The molecule has 1 amide bonds. The molecule has 10 nitrogen and oxygen atoms in total. The van der Waals surface area contributed by atoms with E-state index < -0.39 is 8.97 Å². The summed E-state index contributed by atoms with van der Waals surface area (Å²) in [5.41, 5.74) is 6.03. The fraction of sp³-hybridized carbons (Fsp3) is 0.238. The van der Waals surface area contributed by atoms with E-state index in [-0.39, 0.29) is 11.6 Å². The largest absolute Gasteiger partial charge is 0.280 e. The number of benzene rings is 1. The molecule has 1 aromatic carbocycles. The molecule has 11 heteroatoms. The summed E-state index contributed by atoms with van der Waals surface area (Å²) in [5.74, 6) is 0.427. The van der Waals surface area contributed by atoms with E-state index in [1.165, 1.54) is 24.5 Å². The minimum absolute atomic E-state index is 0.0592. The zero-order chi connectivity index (χ0) is 22.8. The van der Waals surface area contributed by atoms with Crippen molar-refractivity contribution in [2.75, 3.05) is 0 Å². The highest BCUT2D eigenvalue weighted by molar-refractivity contribution is 14.1. The van der Waals surface area contributed by atoms with E-state index >= 15 is 0 Å². The van der Waals surface area contributed by atoms with Crippen molar-refractivity contribution in [3.8, 4) is 0 Å². The van der Waals surface area contributed by atoms with Gasteiger partial charge >= 0.3 is 0 Å². The number of nitrogens with one attached hydrogen (secondary N) is 2. The Morgan fingerprint density at radius 2 is 2.06 bits per heavy atom.